The third-order valence-electron chi connectivity index (χ3n) is 6.46. The van der Waals surface area contributed by atoms with Crippen LogP contribution in [0.15, 0.2) is 29.2 Å². The van der Waals surface area contributed by atoms with Crippen LogP contribution in [0.4, 0.5) is 0 Å². The maximum Gasteiger partial charge on any atom is 0.257 e. The molecule has 0 heterocycles. The first-order chi connectivity index (χ1) is 11.9. The number of amides is 1. The Kier molecular flexibility index (Phi) is 4.15. The second kappa shape index (κ2) is 6.09. The topological polar surface area (TPSA) is 75.3 Å². The molecule has 5 rings (SSSR count). The molecule has 4 fully saturated rings. The summed E-state index contributed by atoms with van der Waals surface area (Å²) in [5.41, 5.74) is 3.25. The van der Waals surface area contributed by atoms with Crippen LogP contribution in [0.5, 0.6) is 0 Å². The molecule has 0 saturated heterocycles. The summed E-state index contributed by atoms with van der Waals surface area (Å²) in [6.45, 7) is 2.02. The lowest BCUT2D eigenvalue weighted by molar-refractivity contribution is -0.146. The van der Waals surface area contributed by atoms with Gasteiger partial charge in [0.25, 0.3) is 10.0 Å². The largest absolute Gasteiger partial charge is 0.277 e. The molecule has 0 unspecified atom stereocenters. The summed E-state index contributed by atoms with van der Waals surface area (Å²) in [6, 6.07) is 6.76. The third kappa shape index (κ3) is 3.10. The molecule has 1 aromatic rings. The van der Waals surface area contributed by atoms with Gasteiger partial charge in [-0.2, -0.15) is 0 Å². The minimum absolute atomic E-state index is 0.139. The van der Waals surface area contributed by atoms with E-state index in [4.69, 9.17) is 0 Å². The SMILES string of the molecule is CCc1ccc(S(=O)(=O)NNC(=O)C23CC4CC(CC(C4)C2)C3)cc1. The molecule has 0 spiro atoms. The Morgan fingerprint density at radius 2 is 1.56 bits per heavy atom. The number of carbonyl (C=O) groups excluding carboxylic acids is 1. The molecule has 4 aliphatic carbocycles. The summed E-state index contributed by atoms with van der Waals surface area (Å²) in [6.07, 6.45) is 7.36. The molecule has 5 nitrogen and oxygen atoms in total. The summed E-state index contributed by atoms with van der Waals surface area (Å²) in [5.74, 6) is 1.81. The van der Waals surface area contributed by atoms with Crippen LogP contribution in [0.25, 0.3) is 0 Å². The van der Waals surface area contributed by atoms with Gasteiger partial charge in [-0.25, -0.2) is 8.42 Å². The Hall–Kier alpha value is -1.40. The van der Waals surface area contributed by atoms with Crippen LogP contribution < -0.4 is 10.3 Å². The predicted molar refractivity (Wildman–Crippen MR) is 94.9 cm³/mol. The second-order valence-electron chi connectivity index (χ2n) is 8.26. The van der Waals surface area contributed by atoms with E-state index in [1.807, 2.05) is 6.92 Å². The van der Waals surface area contributed by atoms with E-state index < -0.39 is 10.0 Å². The summed E-state index contributed by atoms with van der Waals surface area (Å²) < 4.78 is 24.9. The molecular formula is C19H26N2O3S. The van der Waals surface area contributed by atoms with Gasteiger partial charge in [0.15, 0.2) is 0 Å². The molecule has 25 heavy (non-hydrogen) atoms. The zero-order chi connectivity index (χ0) is 17.7. The predicted octanol–water partition coefficient (Wildman–Crippen LogP) is 2.77. The highest BCUT2D eigenvalue weighted by molar-refractivity contribution is 7.89. The fourth-order valence-electron chi connectivity index (χ4n) is 5.60. The Morgan fingerprint density at radius 3 is 2.04 bits per heavy atom. The van der Waals surface area contributed by atoms with Gasteiger partial charge in [0.1, 0.15) is 0 Å². The average Bonchev–Trinajstić information content (AvgIpc) is 2.58. The van der Waals surface area contributed by atoms with Crippen LogP contribution >= 0.6 is 0 Å². The van der Waals surface area contributed by atoms with Crippen molar-refractivity contribution in [3.8, 4) is 0 Å². The van der Waals surface area contributed by atoms with Gasteiger partial charge in [-0.1, -0.05) is 19.1 Å². The number of benzene rings is 1. The van der Waals surface area contributed by atoms with Crippen molar-refractivity contribution in [2.24, 2.45) is 23.2 Å². The molecule has 136 valence electrons. The van der Waals surface area contributed by atoms with Crippen molar-refractivity contribution >= 4 is 15.9 Å². The van der Waals surface area contributed by atoms with E-state index >= 15 is 0 Å². The smallest absolute Gasteiger partial charge is 0.257 e. The molecule has 0 aromatic heterocycles. The zero-order valence-corrected chi connectivity index (χ0v) is 15.4. The Bertz CT molecular complexity index is 735. The summed E-state index contributed by atoms with van der Waals surface area (Å²) >= 11 is 0. The van der Waals surface area contributed by atoms with Crippen LogP contribution in [0.3, 0.4) is 0 Å². The average molecular weight is 362 g/mol. The number of hydrogen-bond donors (Lipinski definition) is 2. The maximum absolute atomic E-state index is 12.8. The van der Waals surface area contributed by atoms with E-state index in [1.165, 1.54) is 19.3 Å². The fraction of sp³-hybridized carbons (Fsp3) is 0.632. The van der Waals surface area contributed by atoms with E-state index in [0.717, 1.165) is 31.2 Å². The first kappa shape index (κ1) is 17.0. The lowest BCUT2D eigenvalue weighted by Gasteiger charge is -2.55. The molecule has 6 heteroatoms. The molecule has 1 amide bonds. The minimum atomic E-state index is -3.73. The monoisotopic (exact) mass is 362 g/mol. The third-order valence-corrected chi connectivity index (χ3v) is 7.72. The lowest BCUT2D eigenvalue weighted by atomic mass is 9.49. The van der Waals surface area contributed by atoms with E-state index in [1.54, 1.807) is 24.3 Å². The molecule has 4 bridgehead atoms. The number of rotatable bonds is 5. The van der Waals surface area contributed by atoms with Gasteiger partial charge >= 0.3 is 0 Å². The van der Waals surface area contributed by atoms with Crippen molar-refractivity contribution in [2.45, 2.75) is 56.8 Å². The van der Waals surface area contributed by atoms with Crippen LogP contribution in [0.1, 0.15) is 51.0 Å². The lowest BCUT2D eigenvalue weighted by Crippen LogP contribution is -2.56. The van der Waals surface area contributed by atoms with Crippen molar-refractivity contribution in [3.05, 3.63) is 29.8 Å². The van der Waals surface area contributed by atoms with Crippen molar-refractivity contribution in [3.63, 3.8) is 0 Å². The van der Waals surface area contributed by atoms with Gasteiger partial charge in [-0.15, -0.1) is 4.83 Å². The first-order valence-electron chi connectivity index (χ1n) is 9.31. The molecule has 0 aliphatic heterocycles. The van der Waals surface area contributed by atoms with Crippen LogP contribution in [-0.2, 0) is 21.2 Å². The summed E-state index contributed by atoms with van der Waals surface area (Å²) in [4.78, 5) is 15.3. The molecule has 0 radical (unpaired) electrons. The molecule has 0 atom stereocenters. The van der Waals surface area contributed by atoms with Gasteiger partial charge in [-0.3, -0.25) is 10.2 Å². The van der Waals surface area contributed by atoms with Crippen LogP contribution in [-0.4, -0.2) is 14.3 Å². The van der Waals surface area contributed by atoms with Crippen LogP contribution in [0, 0.1) is 23.2 Å². The van der Waals surface area contributed by atoms with Gasteiger partial charge in [-0.05, 0) is 80.4 Å². The Labute approximate surface area is 149 Å². The quantitative estimate of drug-likeness (QED) is 0.791. The summed E-state index contributed by atoms with van der Waals surface area (Å²) in [7, 11) is -3.73. The van der Waals surface area contributed by atoms with Crippen molar-refractivity contribution < 1.29 is 13.2 Å². The highest BCUT2D eigenvalue weighted by Gasteiger charge is 2.54. The van der Waals surface area contributed by atoms with E-state index in [-0.39, 0.29) is 16.2 Å². The van der Waals surface area contributed by atoms with Gasteiger partial charge in [0.2, 0.25) is 5.91 Å². The number of sulfonamides is 1. The van der Waals surface area contributed by atoms with E-state index in [2.05, 4.69) is 10.3 Å². The Morgan fingerprint density at radius 1 is 1.04 bits per heavy atom. The molecule has 1 aromatic carbocycles. The van der Waals surface area contributed by atoms with Gasteiger partial charge < -0.3 is 0 Å². The van der Waals surface area contributed by atoms with Crippen molar-refractivity contribution in [2.75, 3.05) is 0 Å². The van der Waals surface area contributed by atoms with Gasteiger partial charge in [0.05, 0.1) is 10.3 Å². The van der Waals surface area contributed by atoms with Crippen LogP contribution in [0.2, 0.25) is 0 Å². The standard InChI is InChI=1S/C19H26N2O3S/c1-2-13-3-5-17(6-4-13)25(23,24)21-20-18(22)19-10-14-7-15(11-19)9-16(8-14)12-19/h3-6,14-16,21H,2,7-12H2,1H3,(H,20,22). The summed E-state index contributed by atoms with van der Waals surface area (Å²) in [5, 5.41) is 0. The van der Waals surface area contributed by atoms with E-state index in [0.29, 0.717) is 17.8 Å². The van der Waals surface area contributed by atoms with Gasteiger partial charge in [0, 0.05) is 0 Å². The van der Waals surface area contributed by atoms with E-state index in [9.17, 15) is 13.2 Å². The second-order valence-corrected chi connectivity index (χ2v) is 9.94. The molecular weight excluding hydrogens is 336 g/mol. The normalized spacial score (nSPS) is 33.4. The number of hydrogen-bond acceptors (Lipinski definition) is 3. The first-order valence-corrected chi connectivity index (χ1v) is 10.8. The fourth-order valence-corrected chi connectivity index (χ4v) is 6.44. The number of nitrogens with one attached hydrogen (secondary N) is 2. The maximum atomic E-state index is 12.8. The molecule has 4 saturated carbocycles. The number of hydrazine groups is 1. The van der Waals surface area contributed by atoms with Crippen molar-refractivity contribution in [1.29, 1.82) is 0 Å². The highest BCUT2D eigenvalue weighted by Crippen LogP contribution is 2.60. The Balaban J connectivity index is 1.44. The number of carbonyl (C=O) groups is 1. The number of aryl methyl sites for hydroxylation is 1. The zero-order valence-electron chi connectivity index (χ0n) is 14.6. The molecule has 2 N–H and O–H groups in total. The van der Waals surface area contributed by atoms with Crippen molar-refractivity contribution in [1.82, 2.24) is 10.3 Å². The minimum Gasteiger partial charge on any atom is -0.277 e. The highest BCUT2D eigenvalue weighted by atomic mass is 32.2. The molecule has 4 aliphatic rings.